The lowest BCUT2D eigenvalue weighted by Crippen LogP contribution is -2.30. The smallest absolute Gasteiger partial charge is 0.234 e. The van der Waals surface area contributed by atoms with Crippen molar-refractivity contribution in [2.45, 2.75) is 25.4 Å². The van der Waals surface area contributed by atoms with Gasteiger partial charge in [0.15, 0.2) is 0 Å². The Hall–Kier alpha value is -2.88. The summed E-state index contributed by atoms with van der Waals surface area (Å²) in [4.78, 5) is 25.1. The second-order valence-electron chi connectivity index (χ2n) is 6.31. The minimum atomic E-state index is -0.488. The number of ketones is 2. The third-order valence-electron chi connectivity index (χ3n) is 4.81. The van der Waals surface area contributed by atoms with Crippen LogP contribution in [-0.2, 0) is 16.0 Å². The Balaban J connectivity index is 1.68. The largest absolute Gasteiger partial charge is 0.496 e. The Morgan fingerprint density at radius 2 is 1.72 bits per heavy atom. The fourth-order valence-electron chi connectivity index (χ4n) is 3.57. The second kappa shape index (κ2) is 6.20. The highest BCUT2D eigenvalue weighted by atomic mass is 16.5. The maximum Gasteiger partial charge on any atom is 0.234 e. The molecule has 1 atom stereocenters. The topological polar surface area (TPSA) is 52.6 Å². The summed E-state index contributed by atoms with van der Waals surface area (Å²) in [5, 5.41) is 0. The van der Waals surface area contributed by atoms with Gasteiger partial charge in [-0.1, -0.05) is 42.5 Å². The first-order valence-corrected chi connectivity index (χ1v) is 8.39. The molecule has 0 amide bonds. The Morgan fingerprint density at radius 1 is 1.00 bits per heavy atom. The van der Waals surface area contributed by atoms with E-state index in [0.717, 1.165) is 18.6 Å². The van der Waals surface area contributed by atoms with E-state index in [1.165, 1.54) is 12.7 Å². The van der Waals surface area contributed by atoms with Crippen molar-refractivity contribution < 1.29 is 19.1 Å². The first-order valence-electron chi connectivity index (χ1n) is 8.39. The van der Waals surface area contributed by atoms with Crippen molar-refractivity contribution in [2.24, 2.45) is 0 Å². The SMILES string of the molecule is COC1=C(C[C@@H]2CCc3ccccc3O2)C(=O)C(=O)c2ccccc21. The number of ether oxygens (including phenoxy) is 2. The van der Waals surface area contributed by atoms with Crippen LogP contribution in [0.2, 0.25) is 0 Å². The summed E-state index contributed by atoms with van der Waals surface area (Å²) in [7, 11) is 1.53. The van der Waals surface area contributed by atoms with E-state index in [0.29, 0.717) is 28.9 Å². The van der Waals surface area contributed by atoms with E-state index in [2.05, 4.69) is 6.07 Å². The third-order valence-corrected chi connectivity index (χ3v) is 4.81. The second-order valence-corrected chi connectivity index (χ2v) is 6.31. The number of fused-ring (bicyclic) bond motifs is 2. The van der Waals surface area contributed by atoms with Gasteiger partial charge in [-0.2, -0.15) is 0 Å². The van der Waals surface area contributed by atoms with Crippen LogP contribution < -0.4 is 4.74 Å². The molecule has 0 spiro atoms. The van der Waals surface area contributed by atoms with Gasteiger partial charge in [-0.05, 0) is 24.5 Å². The predicted octanol–water partition coefficient (Wildman–Crippen LogP) is 3.59. The van der Waals surface area contributed by atoms with Crippen molar-refractivity contribution in [2.75, 3.05) is 7.11 Å². The van der Waals surface area contributed by atoms with E-state index in [1.807, 2.05) is 30.3 Å². The van der Waals surface area contributed by atoms with Crippen LogP contribution in [0.3, 0.4) is 0 Å². The van der Waals surface area contributed by atoms with Crippen LogP contribution in [0, 0.1) is 0 Å². The zero-order valence-corrected chi connectivity index (χ0v) is 14.0. The number of aryl methyl sites for hydroxylation is 1. The summed E-state index contributed by atoms with van der Waals surface area (Å²) in [5.41, 5.74) is 2.68. The number of carbonyl (C=O) groups is 2. The van der Waals surface area contributed by atoms with E-state index in [1.54, 1.807) is 12.1 Å². The van der Waals surface area contributed by atoms with Crippen molar-refractivity contribution in [3.8, 4) is 5.75 Å². The van der Waals surface area contributed by atoms with Crippen LogP contribution in [0.5, 0.6) is 5.75 Å². The number of benzene rings is 2. The summed E-state index contributed by atoms with van der Waals surface area (Å²) in [6.45, 7) is 0. The van der Waals surface area contributed by atoms with Gasteiger partial charge in [0, 0.05) is 23.1 Å². The van der Waals surface area contributed by atoms with Gasteiger partial charge in [-0.3, -0.25) is 9.59 Å². The van der Waals surface area contributed by atoms with Crippen LogP contribution in [0.15, 0.2) is 54.1 Å². The number of hydrogen-bond acceptors (Lipinski definition) is 4. The highest BCUT2D eigenvalue weighted by molar-refractivity contribution is 6.52. The number of carbonyl (C=O) groups excluding carboxylic acids is 2. The van der Waals surface area contributed by atoms with Crippen LogP contribution in [0.1, 0.15) is 34.3 Å². The summed E-state index contributed by atoms with van der Waals surface area (Å²) < 4.78 is 11.6. The maximum atomic E-state index is 12.6. The molecule has 126 valence electrons. The lowest BCUT2D eigenvalue weighted by atomic mass is 9.85. The van der Waals surface area contributed by atoms with Crippen molar-refractivity contribution >= 4 is 17.3 Å². The molecule has 0 N–H and O–H groups in total. The molecule has 2 aromatic rings. The zero-order valence-electron chi connectivity index (χ0n) is 14.0. The van der Waals surface area contributed by atoms with Crippen molar-refractivity contribution in [3.63, 3.8) is 0 Å². The third kappa shape index (κ3) is 2.64. The molecule has 25 heavy (non-hydrogen) atoms. The van der Waals surface area contributed by atoms with E-state index < -0.39 is 11.6 Å². The average Bonchev–Trinajstić information content (AvgIpc) is 2.66. The monoisotopic (exact) mass is 334 g/mol. The van der Waals surface area contributed by atoms with Crippen molar-refractivity contribution in [1.82, 2.24) is 0 Å². The molecule has 4 rings (SSSR count). The summed E-state index contributed by atoms with van der Waals surface area (Å²) in [6.07, 6.45) is 1.93. The Kier molecular flexibility index (Phi) is 3.88. The fraction of sp³-hybridized carbons (Fsp3) is 0.238. The van der Waals surface area contributed by atoms with Crippen LogP contribution in [-0.4, -0.2) is 24.8 Å². The van der Waals surface area contributed by atoms with Crippen LogP contribution in [0.4, 0.5) is 0 Å². The van der Waals surface area contributed by atoms with E-state index in [9.17, 15) is 9.59 Å². The highest BCUT2D eigenvalue weighted by Gasteiger charge is 2.35. The number of rotatable bonds is 3. The van der Waals surface area contributed by atoms with Gasteiger partial charge in [0.05, 0.1) is 7.11 Å². The minimum absolute atomic E-state index is 0.142. The number of Topliss-reactive ketones (excluding diaryl/α,β-unsaturated/α-hetero) is 2. The van der Waals surface area contributed by atoms with Crippen LogP contribution >= 0.6 is 0 Å². The van der Waals surface area contributed by atoms with E-state index >= 15 is 0 Å². The molecule has 0 bridgehead atoms. The maximum absolute atomic E-state index is 12.6. The standard InChI is InChI=1S/C21H18O4/c1-24-21-16-8-4-3-7-15(16)19(22)20(23)17(21)12-14-11-10-13-6-2-5-9-18(13)25-14/h2-9,14H,10-12H2,1H3/t14-/m0/s1. The first kappa shape index (κ1) is 15.6. The number of hydrogen-bond donors (Lipinski definition) is 0. The molecule has 1 heterocycles. The molecule has 2 aliphatic rings. The molecule has 0 saturated carbocycles. The molecule has 0 fully saturated rings. The quantitative estimate of drug-likeness (QED) is 0.805. The molecule has 4 heteroatoms. The highest BCUT2D eigenvalue weighted by Crippen LogP contribution is 2.35. The molecule has 1 aliphatic heterocycles. The molecule has 1 aliphatic carbocycles. The Labute approximate surface area is 146 Å². The summed E-state index contributed by atoms with van der Waals surface area (Å²) >= 11 is 0. The van der Waals surface area contributed by atoms with Gasteiger partial charge in [-0.15, -0.1) is 0 Å². The summed E-state index contributed by atoms with van der Waals surface area (Å²) in [5.74, 6) is 0.386. The summed E-state index contributed by atoms with van der Waals surface area (Å²) in [6, 6.07) is 15.0. The molecule has 0 saturated heterocycles. The molecule has 0 aromatic heterocycles. The number of para-hydroxylation sites is 1. The average molecular weight is 334 g/mol. The normalized spacial score (nSPS) is 19.2. The molecule has 4 nitrogen and oxygen atoms in total. The molecule has 0 radical (unpaired) electrons. The Morgan fingerprint density at radius 3 is 2.52 bits per heavy atom. The first-order chi connectivity index (χ1) is 12.2. The molecular formula is C21H18O4. The van der Waals surface area contributed by atoms with Gasteiger partial charge in [-0.25, -0.2) is 0 Å². The molecular weight excluding hydrogens is 316 g/mol. The zero-order chi connectivity index (χ0) is 17.4. The van der Waals surface area contributed by atoms with Crippen molar-refractivity contribution in [1.29, 1.82) is 0 Å². The van der Waals surface area contributed by atoms with Gasteiger partial charge >= 0.3 is 0 Å². The van der Waals surface area contributed by atoms with E-state index in [-0.39, 0.29) is 6.10 Å². The lowest BCUT2D eigenvalue weighted by Gasteiger charge is -2.28. The lowest BCUT2D eigenvalue weighted by molar-refractivity contribution is -0.112. The minimum Gasteiger partial charge on any atom is -0.496 e. The fourth-order valence-corrected chi connectivity index (χ4v) is 3.57. The molecule has 0 unspecified atom stereocenters. The van der Waals surface area contributed by atoms with Gasteiger partial charge in [0.1, 0.15) is 17.6 Å². The van der Waals surface area contributed by atoms with E-state index in [4.69, 9.17) is 9.47 Å². The van der Waals surface area contributed by atoms with Gasteiger partial charge < -0.3 is 9.47 Å². The van der Waals surface area contributed by atoms with Gasteiger partial charge in [0.2, 0.25) is 11.6 Å². The van der Waals surface area contributed by atoms with Gasteiger partial charge in [0.25, 0.3) is 0 Å². The molecule has 2 aromatic carbocycles. The Bertz CT molecular complexity index is 894. The van der Waals surface area contributed by atoms with Crippen molar-refractivity contribution in [3.05, 3.63) is 70.8 Å². The van der Waals surface area contributed by atoms with Crippen LogP contribution in [0.25, 0.3) is 5.76 Å². The number of methoxy groups -OCH3 is 1. The predicted molar refractivity (Wildman–Crippen MR) is 93.5 cm³/mol.